The summed E-state index contributed by atoms with van der Waals surface area (Å²) in [6.07, 6.45) is 3.35. The Hall–Kier alpha value is -2.34. The summed E-state index contributed by atoms with van der Waals surface area (Å²) in [7, 11) is 0. The lowest BCUT2D eigenvalue weighted by Gasteiger charge is -2.02. The molecule has 0 radical (unpaired) electrons. The van der Waals surface area contributed by atoms with Crippen LogP contribution in [0.5, 0.6) is 0 Å². The Morgan fingerprint density at radius 1 is 1.22 bits per heavy atom. The summed E-state index contributed by atoms with van der Waals surface area (Å²) in [6.45, 7) is 0. The van der Waals surface area contributed by atoms with Crippen LogP contribution in [0.1, 0.15) is 10.4 Å². The van der Waals surface area contributed by atoms with Gasteiger partial charge in [-0.15, -0.1) is 0 Å². The molecule has 18 heavy (non-hydrogen) atoms. The van der Waals surface area contributed by atoms with Gasteiger partial charge in [0.15, 0.2) is 6.29 Å². The molecule has 0 aliphatic heterocycles. The molecule has 0 fully saturated rings. The van der Waals surface area contributed by atoms with E-state index in [1.54, 1.807) is 6.07 Å². The van der Waals surface area contributed by atoms with Crippen molar-refractivity contribution in [3.8, 4) is 11.1 Å². The summed E-state index contributed by atoms with van der Waals surface area (Å²) in [6, 6.07) is 4.27. The molecule has 0 amide bonds. The van der Waals surface area contributed by atoms with Gasteiger partial charge < -0.3 is 0 Å². The molecule has 0 spiro atoms. The molecular weight excluding hydrogens is 258 g/mol. The molecule has 1 aromatic carbocycles. The van der Waals surface area contributed by atoms with Crippen LogP contribution in [0, 0.1) is 10.1 Å². The summed E-state index contributed by atoms with van der Waals surface area (Å²) in [5, 5.41) is 10.9. The predicted molar refractivity (Wildman–Crippen MR) is 64.5 cm³/mol. The fourth-order valence-corrected chi connectivity index (χ4v) is 1.54. The van der Waals surface area contributed by atoms with Crippen molar-refractivity contribution >= 4 is 23.6 Å². The zero-order valence-corrected chi connectivity index (χ0v) is 9.66. The molecule has 0 atom stereocenters. The van der Waals surface area contributed by atoms with E-state index in [1.165, 1.54) is 24.5 Å². The van der Waals surface area contributed by atoms with Gasteiger partial charge in [-0.1, -0.05) is 6.07 Å². The largest absolute Gasteiger partial charge is 0.298 e. The van der Waals surface area contributed by atoms with Crippen molar-refractivity contribution in [3.63, 3.8) is 0 Å². The highest BCUT2D eigenvalue weighted by Gasteiger charge is 2.14. The molecule has 0 saturated carbocycles. The Kier molecular flexibility index (Phi) is 3.29. The molecule has 0 saturated heterocycles. The van der Waals surface area contributed by atoms with Crippen LogP contribution >= 0.6 is 11.6 Å². The van der Waals surface area contributed by atoms with Crippen molar-refractivity contribution in [3.05, 3.63) is 51.6 Å². The first-order valence-corrected chi connectivity index (χ1v) is 5.21. The molecule has 0 bridgehead atoms. The third-order valence-electron chi connectivity index (χ3n) is 2.31. The topological polar surface area (TPSA) is 86.0 Å². The third-order valence-corrected chi connectivity index (χ3v) is 2.50. The molecule has 0 unspecified atom stereocenters. The number of hydrogen-bond donors (Lipinski definition) is 0. The molecule has 90 valence electrons. The highest BCUT2D eigenvalue weighted by atomic mass is 35.5. The van der Waals surface area contributed by atoms with Gasteiger partial charge in [-0.2, -0.15) is 0 Å². The molecular formula is C11H6ClN3O3. The molecule has 0 N–H and O–H groups in total. The third kappa shape index (κ3) is 2.33. The number of halogens is 1. The van der Waals surface area contributed by atoms with E-state index in [1.807, 2.05) is 0 Å². The van der Waals surface area contributed by atoms with Crippen LogP contribution in [0.15, 0.2) is 30.6 Å². The minimum Gasteiger partial charge on any atom is -0.298 e. The molecule has 2 rings (SSSR count). The molecule has 0 aliphatic carbocycles. The summed E-state index contributed by atoms with van der Waals surface area (Å²) >= 11 is 5.55. The Bertz CT molecular complexity index is 613. The van der Waals surface area contributed by atoms with Crippen LogP contribution in [0.2, 0.25) is 5.28 Å². The van der Waals surface area contributed by atoms with Crippen molar-refractivity contribution in [2.75, 3.05) is 0 Å². The minimum absolute atomic E-state index is 0.0265. The number of aromatic nitrogens is 2. The van der Waals surface area contributed by atoms with Crippen LogP contribution in [-0.2, 0) is 0 Å². The van der Waals surface area contributed by atoms with Crippen LogP contribution in [0.25, 0.3) is 11.1 Å². The summed E-state index contributed by atoms with van der Waals surface area (Å²) in [4.78, 5) is 28.5. The summed E-state index contributed by atoms with van der Waals surface area (Å²) in [5.74, 6) is 0. The SMILES string of the molecule is O=Cc1ccc(-c2cnc(Cl)nc2)cc1[N+](=O)[O-]. The standard InChI is InChI=1S/C11H6ClN3O3/c12-11-13-4-9(5-14-11)7-1-2-8(6-16)10(3-7)15(17)18/h1-6H. The number of aldehydes is 1. The van der Waals surface area contributed by atoms with E-state index in [0.717, 1.165) is 0 Å². The lowest BCUT2D eigenvalue weighted by atomic mass is 10.1. The summed E-state index contributed by atoms with van der Waals surface area (Å²) < 4.78 is 0. The van der Waals surface area contributed by atoms with Crippen molar-refractivity contribution in [2.24, 2.45) is 0 Å². The van der Waals surface area contributed by atoms with Crippen molar-refractivity contribution in [1.82, 2.24) is 9.97 Å². The van der Waals surface area contributed by atoms with Gasteiger partial charge in [0.25, 0.3) is 5.69 Å². The predicted octanol–water partition coefficient (Wildman–Crippen LogP) is 2.52. The smallest absolute Gasteiger partial charge is 0.280 e. The molecule has 0 aliphatic rings. The summed E-state index contributed by atoms with van der Waals surface area (Å²) in [5.41, 5.74) is 0.903. The molecule has 6 nitrogen and oxygen atoms in total. The quantitative estimate of drug-likeness (QED) is 0.367. The van der Waals surface area contributed by atoms with E-state index >= 15 is 0 Å². The lowest BCUT2D eigenvalue weighted by molar-refractivity contribution is -0.385. The van der Waals surface area contributed by atoms with E-state index in [0.29, 0.717) is 17.4 Å². The maximum absolute atomic E-state index is 10.8. The van der Waals surface area contributed by atoms with Gasteiger partial charge in [0.05, 0.1) is 10.5 Å². The highest BCUT2D eigenvalue weighted by Crippen LogP contribution is 2.25. The van der Waals surface area contributed by atoms with Crippen LogP contribution in [-0.4, -0.2) is 21.2 Å². The Morgan fingerprint density at radius 3 is 2.44 bits per heavy atom. The highest BCUT2D eigenvalue weighted by molar-refractivity contribution is 6.28. The maximum Gasteiger partial charge on any atom is 0.280 e. The number of nitro groups is 1. The van der Waals surface area contributed by atoms with Gasteiger partial charge in [-0.05, 0) is 23.2 Å². The maximum atomic E-state index is 10.8. The van der Waals surface area contributed by atoms with Crippen molar-refractivity contribution in [2.45, 2.75) is 0 Å². The molecule has 1 heterocycles. The fourth-order valence-electron chi connectivity index (χ4n) is 1.44. The first-order chi connectivity index (χ1) is 8.61. The van der Waals surface area contributed by atoms with Gasteiger partial charge in [-0.25, -0.2) is 9.97 Å². The molecule has 7 heteroatoms. The number of nitrogens with zero attached hydrogens (tertiary/aromatic N) is 3. The van der Waals surface area contributed by atoms with Gasteiger partial charge in [0, 0.05) is 24.0 Å². The number of rotatable bonds is 3. The Balaban J connectivity index is 2.53. The van der Waals surface area contributed by atoms with Crippen LogP contribution in [0.4, 0.5) is 5.69 Å². The zero-order valence-electron chi connectivity index (χ0n) is 8.91. The van der Waals surface area contributed by atoms with E-state index in [4.69, 9.17) is 11.6 Å². The fraction of sp³-hybridized carbons (Fsp3) is 0. The van der Waals surface area contributed by atoms with Crippen LogP contribution < -0.4 is 0 Å². The lowest BCUT2D eigenvalue weighted by Crippen LogP contribution is -1.95. The molecule has 2 aromatic rings. The van der Waals surface area contributed by atoms with E-state index in [2.05, 4.69) is 9.97 Å². The Morgan fingerprint density at radius 2 is 1.89 bits per heavy atom. The number of carbonyl (C=O) groups is 1. The average Bonchev–Trinajstić information content (AvgIpc) is 2.39. The number of benzene rings is 1. The zero-order chi connectivity index (χ0) is 13.1. The van der Waals surface area contributed by atoms with E-state index < -0.39 is 4.92 Å². The van der Waals surface area contributed by atoms with Crippen LogP contribution in [0.3, 0.4) is 0 Å². The van der Waals surface area contributed by atoms with Gasteiger partial charge in [0.2, 0.25) is 5.28 Å². The second-order valence-electron chi connectivity index (χ2n) is 3.39. The average molecular weight is 264 g/mol. The van der Waals surface area contributed by atoms with E-state index in [9.17, 15) is 14.9 Å². The number of carbonyl (C=O) groups excluding carboxylic acids is 1. The van der Waals surface area contributed by atoms with Gasteiger partial charge in [0.1, 0.15) is 0 Å². The van der Waals surface area contributed by atoms with E-state index in [-0.39, 0.29) is 16.5 Å². The first kappa shape index (κ1) is 12.1. The van der Waals surface area contributed by atoms with Crippen molar-refractivity contribution < 1.29 is 9.72 Å². The number of hydrogen-bond acceptors (Lipinski definition) is 5. The monoisotopic (exact) mass is 263 g/mol. The second-order valence-corrected chi connectivity index (χ2v) is 3.73. The normalized spacial score (nSPS) is 10.1. The number of nitro benzene ring substituents is 1. The minimum atomic E-state index is -0.607. The Labute approximate surface area is 106 Å². The molecule has 1 aromatic heterocycles. The van der Waals surface area contributed by atoms with Gasteiger partial charge in [-0.3, -0.25) is 14.9 Å². The van der Waals surface area contributed by atoms with Crippen molar-refractivity contribution in [1.29, 1.82) is 0 Å². The first-order valence-electron chi connectivity index (χ1n) is 4.83. The van der Waals surface area contributed by atoms with Gasteiger partial charge >= 0.3 is 0 Å². The second kappa shape index (κ2) is 4.89.